The Bertz CT molecular complexity index is 1620. The van der Waals surface area contributed by atoms with E-state index in [-0.39, 0.29) is 17.4 Å². The molecular formula is C37H52N4O4Si. The molecule has 1 aliphatic carbocycles. The lowest BCUT2D eigenvalue weighted by atomic mass is 9.89. The summed E-state index contributed by atoms with van der Waals surface area (Å²) in [6.07, 6.45) is 2.16. The van der Waals surface area contributed by atoms with Crippen LogP contribution in [-0.4, -0.2) is 79.8 Å². The third-order valence-electron chi connectivity index (χ3n) is 9.43. The summed E-state index contributed by atoms with van der Waals surface area (Å²) >= 11 is 0. The van der Waals surface area contributed by atoms with Crippen LogP contribution < -0.4 is 5.32 Å². The Balaban J connectivity index is 1.26. The highest BCUT2D eigenvalue weighted by molar-refractivity contribution is 6.48. The monoisotopic (exact) mass is 644 g/mol. The number of rotatable bonds is 8. The molecular weight excluding hydrogens is 593 g/mol. The van der Waals surface area contributed by atoms with Crippen LogP contribution in [0.15, 0.2) is 36.4 Å². The lowest BCUT2D eigenvalue weighted by molar-refractivity contribution is 0.0279. The van der Waals surface area contributed by atoms with Crippen molar-refractivity contribution in [1.29, 1.82) is 0 Å². The number of ether oxygens (including phenoxy) is 1. The number of amides is 1. The lowest BCUT2D eigenvalue weighted by Crippen LogP contribution is -2.51. The number of benzene rings is 2. The molecule has 3 aliphatic rings. The Morgan fingerprint density at radius 2 is 1.67 bits per heavy atom. The van der Waals surface area contributed by atoms with Crippen LogP contribution in [0.1, 0.15) is 87.4 Å². The molecule has 46 heavy (non-hydrogen) atoms. The first kappa shape index (κ1) is 32.9. The van der Waals surface area contributed by atoms with Crippen LogP contribution in [0.4, 0.5) is 4.79 Å². The molecule has 9 heteroatoms. The molecule has 2 fully saturated rings. The van der Waals surface area contributed by atoms with Crippen LogP contribution in [-0.2, 0) is 22.3 Å². The quantitative estimate of drug-likeness (QED) is 0.274. The maximum absolute atomic E-state index is 13.7. The van der Waals surface area contributed by atoms with Gasteiger partial charge in [-0.2, -0.15) is 0 Å². The fourth-order valence-electron chi connectivity index (χ4n) is 6.90. The Hall–Kier alpha value is -2.98. The molecule has 8 nitrogen and oxygen atoms in total. The third-order valence-corrected chi connectivity index (χ3v) is 10.3. The summed E-state index contributed by atoms with van der Waals surface area (Å²) in [5.41, 5.74) is 6.00. The lowest BCUT2D eigenvalue weighted by Gasteiger charge is -2.40. The molecule has 2 aliphatic heterocycles. The van der Waals surface area contributed by atoms with Crippen LogP contribution in [0.3, 0.4) is 0 Å². The number of nitrogens with one attached hydrogen (secondary N) is 1. The topological polar surface area (TPSA) is 76.0 Å². The van der Waals surface area contributed by atoms with Crippen LogP contribution in [0, 0.1) is 5.41 Å². The van der Waals surface area contributed by atoms with E-state index >= 15 is 0 Å². The van der Waals surface area contributed by atoms with Gasteiger partial charge in [-0.15, -0.1) is 0 Å². The van der Waals surface area contributed by atoms with Gasteiger partial charge in [-0.3, -0.25) is 14.6 Å². The second-order valence-electron chi connectivity index (χ2n) is 15.9. The summed E-state index contributed by atoms with van der Waals surface area (Å²) in [5, 5.41) is 4.01. The smallest absolute Gasteiger partial charge is 0.419 e. The number of carbonyl (C=O) groups is 2. The van der Waals surface area contributed by atoms with Gasteiger partial charge in [-0.25, -0.2) is 9.36 Å². The van der Waals surface area contributed by atoms with E-state index in [1.165, 1.54) is 24.0 Å². The number of hydrogen-bond donors (Lipinski definition) is 1. The van der Waals surface area contributed by atoms with Crippen molar-refractivity contribution in [3.8, 4) is 11.3 Å². The van der Waals surface area contributed by atoms with Crippen molar-refractivity contribution in [3.05, 3.63) is 58.7 Å². The zero-order valence-electron chi connectivity index (χ0n) is 29.0. The first-order valence-electron chi connectivity index (χ1n) is 17.1. The Kier molecular flexibility index (Phi) is 8.99. The van der Waals surface area contributed by atoms with Gasteiger partial charge in [0.15, 0.2) is 9.04 Å². The van der Waals surface area contributed by atoms with E-state index in [9.17, 15) is 9.59 Å². The van der Waals surface area contributed by atoms with Gasteiger partial charge >= 0.3 is 6.09 Å². The molecule has 0 spiro atoms. The van der Waals surface area contributed by atoms with Crippen molar-refractivity contribution in [3.63, 3.8) is 0 Å². The highest BCUT2D eigenvalue weighted by Gasteiger charge is 2.35. The molecule has 0 bridgehead atoms. The number of aromatic nitrogens is 1. The highest BCUT2D eigenvalue weighted by Crippen LogP contribution is 2.45. The molecule has 2 aromatic carbocycles. The highest BCUT2D eigenvalue weighted by atomic mass is 28.3. The van der Waals surface area contributed by atoms with E-state index in [4.69, 9.17) is 9.16 Å². The minimum atomic E-state index is -1.12. The minimum Gasteiger partial charge on any atom is -0.443 e. The predicted octanol–water partition coefficient (Wildman–Crippen LogP) is 6.74. The summed E-state index contributed by atoms with van der Waals surface area (Å²) in [6.45, 7) is 23.5. The zero-order chi connectivity index (χ0) is 33.0. The van der Waals surface area contributed by atoms with Crippen LogP contribution in [0.2, 0.25) is 13.1 Å². The maximum Gasteiger partial charge on any atom is 0.419 e. The van der Waals surface area contributed by atoms with Gasteiger partial charge < -0.3 is 14.5 Å². The van der Waals surface area contributed by atoms with Crippen molar-refractivity contribution in [1.82, 2.24) is 19.7 Å². The first-order chi connectivity index (χ1) is 21.7. The third kappa shape index (κ3) is 7.12. The van der Waals surface area contributed by atoms with Gasteiger partial charge in [0.05, 0.1) is 22.9 Å². The second kappa shape index (κ2) is 12.6. The fraction of sp³-hybridized carbons (Fsp3) is 0.568. The molecule has 1 aromatic heterocycles. The summed E-state index contributed by atoms with van der Waals surface area (Å²) < 4.78 is 14.0. The molecule has 1 N–H and O–H groups in total. The Labute approximate surface area is 276 Å². The minimum absolute atomic E-state index is 0.0695. The molecule has 1 saturated heterocycles. The average Bonchev–Trinajstić information content (AvgIpc) is 3.63. The molecule has 248 valence electrons. The van der Waals surface area contributed by atoms with Gasteiger partial charge in [0.2, 0.25) is 0 Å². The second-order valence-corrected chi connectivity index (χ2v) is 18.2. The zero-order valence-corrected chi connectivity index (χ0v) is 30.2. The van der Waals surface area contributed by atoms with Crippen LogP contribution >= 0.6 is 0 Å². The number of hydrogen-bond acceptors (Lipinski definition) is 6. The van der Waals surface area contributed by atoms with E-state index in [0.717, 1.165) is 61.3 Å². The number of nitrogens with zero attached hydrogens (tertiary/aromatic N) is 3. The molecule has 0 radical (unpaired) electrons. The van der Waals surface area contributed by atoms with Crippen molar-refractivity contribution in [2.45, 2.75) is 98.2 Å². The van der Waals surface area contributed by atoms with E-state index in [2.05, 4.69) is 73.2 Å². The van der Waals surface area contributed by atoms with E-state index in [0.29, 0.717) is 23.7 Å². The Morgan fingerprint density at radius 3 is 2.30 bits per heavy atom. The van der Waals surface area contributed by atoms with E-state index in [1.54, 1.807) is 4.57 Å². The normalized spacial score (nSPS) is 18.7. The predicted molar refractivity (Wildman–Crippen MR) is 187 cm³/mol. The first-order valence-corrected chi connectivity index (χ1v) is 19.9. The molecule has 1 atom stereocenters. The summed E-state index contributed by atoms with van der Waals surface area (Å²) in [4.78, 5) is 32.0. The summed E-state index contributed by atoms with van der Waals surface area (Å²) in [5.74, 6) is 0.464. The maximum atomic E-state index is 13.7. The van der Waals surface area contributed by atoms with Crippen LogP contribution in [0.25, 0.3) is 22.2 Å². The summed E-state index contributed by atoms with van der Waals surface area (Å²) in [6, 6.07) is 12.6. The van der Waals surface area contributed by atoms with Crippen LogP contribution in [0.5, 0.6) is 0 Å². The number of piperazine rings is 1. The van der Waals surface area contributed by atoms with E-state index < -0.39 is 20.7 Å². The van der Waals surface area contributed by atoms with Crippen molar-refractivity contribution < 1.29 is 18.8 Å². The molecule has 6 rings (SSSR count). The van der Waals surface area contributed by atoms with Gasteiger partial charge in [-0.05, 0) is 92.9 Å². The fourth-order valence-corrected chi connectivity index (χ4v) is 8.05. The van der Waals surface area contributed by atoms with Crippen molar-refractivity contribution >= 4 is 31.9 Å². The molecule has 1 saturated carbocycles. The van der Waals surface area contributed by atoms with Gasteiger partial charge in [0.25, 0.3) is 5.91 Å². The Morgan fingerprint density at radius 1 is 0.978 bits per heavy atom. The summed E-state index contributed by atoms with van der Waals surface area (Å²) in [7, 11) is -1.12. The van der Waals surface area contributed by atoms with Gasteiger partial charge in [0, 0.05) is 56.8 Å². The standard InChI is InChI=1S/C37H52N4O4Si/c1-36(2,3)32(45-46(7)8)23-40-17-15-39(16-18-40)22-24-9-14-30-26(19-24)20-31(41(30)35(43)44-37(4,5)6)28-13-12-27(25-10-11-25)29-21-38-34(42)33(28)29/h9,12-14,19-20,25,32,46H,10-11,15-18,21-23H2,1-8H3,(H,38,42). The number of fused-ring (bicyclic) bond motifs is 2. The van der Waals surface area contributed by atoms with Gasteiger partial charge in [0.1, 0.15) is 5.60 Å². The molecule has 3 aromatic rings. The number of carbonyl (C=O) groups excluding carboxylic acids is 2. The van der Waals surface area contributed by atoms with E-state index in [1.807, 2.05) is 32.9 Å². The molecule has 1 unspecified atom stereocenters. The average molecular weight is 645 g/mol. The molecule has 3 heterocycles. The largest absolute Gasteiger partial charge is 0.443 e. The van der Waals surface area contributed by atoms with Crippen molar-refractivity contribution in [2.24, 2.45) is 5.41 Å². The van der Waals surface area contributed by atoms with Gasteiger partial charge in [-0.1, -0.05) is 39.0 Å². The molecule has 1 amide bonds. The van der Waals surface area contributed by atoms with Crippen molar-refractivity contribution in [2.75, 3.05) is 32.7 Å². The SMILES string of the molecule is C[SiH](C)OC(CN1CCN(Cc2ccc3c(c2)cc(-c2ccc(C4CC4)c4c2C(=O)NC4)n3C(=O)OC(C)(C)C)CC1)C(C)(C)C.